The monoisotopic (exact) mass is 212 g/mol. The number of nitriles is 1. The van der Waals surface area contributed by atoms with Crippen molar-refractivity contribution >= 4 is 0 Å². The number of rotatable bonds is 0. The second kappa shape index (κ2) is 3.92. The highest BCUT2D eigenvalue weighted by atomic mass is 14.9. The minimum atomic E-state index is 0.644. The van der Waals surface area contributed by atoms with Crippen LogP contribution in [0, 0.1) is 11.3 Å². The number of hydrogen-bond acceptors (Lipinski definition) is 2. The van der Waals surface area contributed by atoms with Gasteiger partial charge < -0.3 is 5.32 Å². The Kier molecular flexibility index (Phi) is 2.41. The lowest BCUT2D eigenvalue weighted by Gasteiger charge is -2.38. The minimum absolute atomic E-state index is 0.644. The molecule has 0 amide bonds. The minimum Gasteiger partial charge on any atom is -0.313 e. The molecule has 2 nitrogen and oxygen atoms in total. The Morgan fingerprint density at radius 1 is 1.31 bits per heavy atom. The predicted molar refractivity (Wildman–Crippen MR) is 63.2 cm³/mol. The summed E-state index contributed by atoms with van der Waals surface area (Å²) < 4.78 is 0. The summed E-state index contributed by atoms with van der Waals surface area (Å²) in [5.74, 6) is 0.644. The van der Waals surface area contributed by atoms with Gasteiger partial charge in [0.2, 0.25) is 0 Å². The molecule has 1 fully saturated rings. The Balaban J connectivity index is 2.02. The van der Waals surface area contributed by atoms with Crippen molar-refractivity contribution in [2.24, 2.45) is 0 Å². The molecule has 82 valence electrons. The van der Waals surface area contributed by atoms with Gasteiger partial charge >= 0.3 is 0 Å². The number of benzene rings is 1. The fraction of sp³-hybridized carbons (Fsp3) is 0.500. The molecule has 1 N–H and O–H groups in total. The Morgan fingerprint density at radius 3 is 3.12 bits per heavy atom. The van der Waals surface area contributed by atoms with Crippen LogP contribution < -0.4 is 5.32 Å². The molecule has 0 saturated carbocycles. The van der Waals surface area contributed by atoms with Gasteiger partial charge in [0.15, 0.2) is 0 Å². The molecule has 1 aromatic carbocycles. The Bertz CT molecular complexity index is 445. The van der Waals surface area contributed by atoms with E-state index in [2.05, 4.69) is 23.5 Å². The molecule has 0 spiro atoms. The summed E-state index contributed by atoms with van der Waals surface area (Å²) in [4.78, 5) is 0. The third-order valence-electron chi connectivity index (χ3n) is 3.98. The molecule has 1 saturated heterocycles. The Labute approximate surface area is 96.3 Å². The van der Waals surface area contributed by atoms with E-state index in [4.69, 9.17) is 5.26 Å². The quantitative estimate of drug-likeness (QED) is 0.716. The van der Waals surface area contributed by atoms with Gasteiger partial charge in [0, 0.05) is 6.04 Å². The van der Waals surface area contributed by atoms with E-state index in [0.717, 1.165) is 18.5 Å². The zero-order chi connectivity index (χ0) is 11.0. The number of fused-ring (bicyclic) bond motifs is 3. The van der Waals surface area contributed by atoms with Gasteiger partial charge in [-0.25, -0.2) is 0 Å². The van der Waals surface area contributed by atoms with E-state index in [1.165, 1.54) is 30.4 Å². The SMILES string of the molecule is N#Cc1ccc2c(c1)C1CCCN[C@@H]1CC2. The molecular formula is C14H16N2. The van der Waals surface area contributed by atoms with Gasteiger partial charge in [0.05, 0.1) is 11.6 Å². The fourth-order valence-corrected chi connectivity index (χ4v) is 3.18. The van der Waals surface area contributed by atoms with Gasteiger partial charge in [-0.15, -0.1) is 0 Å². The molecule has 2 aliphatic rings. The van der Waals surface area contributed by atoms with Crippen LogP contribution >= 0.6 is 0 Å². The molecule has 1 aromatic rings. The van der Waals surface area contributed by atoms with Crippen molar-refractivity contribution < 1.29 is 0 Å². The van der Waals surface area contributed by atoms with Gasteiger partial charge in [0.1, 0.15) is 0 Å². The summed E-state index contributed by atoms with van der Waals surface area (Å²) in [5, 5.41) is 12.6. The normalized spacial score (nSPS) is 27.7. The molecule has 2 atom stereocenters. The molecule has 1 unspecified atom stereocenters. The fourth-order valence-electron chi connectivity index (χ4n) is 3.18. The van der Waals surface area contributed by atoms with Crippen LogP contribution in [0.4, 0.5) is 0 Å². The van der Waals surface area contributed by atoms with Crippen LogP contribution in [0.5, 0.6) is 0 Å². The maximum Gasteiger partial charge on any atom is 0.0991 e. The van der Waals surface area contributed by atoms with Crippen molar-refractivity contribution in [3.05, 3.63) is 34.9 Å². The van der Waals surface area contributed by atoms with Crippen molar-refractivity contribution in [2.75, 3.05) is 6.54 Å². The highest BCUT2D eigenvalue weighted by molar-refractivity contribution is 5.42. The summed E-state index contributed by atoms with van der Waals surface area (Å²) in [6, 6.07) is 9.12. The van der Waals surface area contributed by atoms with Crippen LogP contribution in [0.2, 0.25) is 0 Å². The first-order valence-electron chi connectivity index (χ1n) is 6.15. The van der Waals surface area contributed by atoms with Crippen LogP contribution in [0.3, 0.4) is 0 Å². The zero-order valence-electron chi connectivity index (χ0n) is 9.37. The Morgan fingerprint density at radius 2 is 2.25 bits per heavy atom. The zero-order valence-corrected chi connectivity index (χ0v) is 9.37. The number of piperidine rings is 1. The topological polar surface area (TPSA) is 35.8 Å². The first kappa shape index (κ1) is 9.86. The lowest BCUT2D eigenvalue weighted by molar-refractivity contribution is 0.319. The van der Waals surface area contributed by atoms with E-state index in [1.54, 1.807) is 0 Å². The lowest BCUT2D eigenvalue weighted by atomic mass is 9.75. The molecule has 16 heavy (non-hydrogen) atoms. The maximum atomic E-state index is 8.97. The van der Waals surface area contributed by atoms with Crippen LogP contribution in [0.15, 0.2) is 18.2 Å². The van der Waals surface area contributed by atoms with Gasteiger partial charge in [-0.3, -0.25) is 0 Å². The second-order valence-electron chi connectivity index (χ2n) is 4.87. The van der Waals surface area contributed by atoms with Crippen LogP contribution in [0.1, 0.15) is 41.9 Å². The molecular weight excluding hydrogens is 196 g/mol. The summed E-state index contributed by atoms with van der Waals surface area (Å²) >= 11 is 0. The highest BCUT2D eigenvalue weighted by Gasteiger charge is 2.31. The highest BCUT2D eigenvalue weighted by Crippen LogP contribution is 2.37. The van der Waals surface area contributed by atoms with Crippen molar-refractivity contribution in [3.63, 3.8) is 0 Å². The predicted octanol–water partition coefficient (Wildman–Crippen LogP) is 2.34. The van der Waals surface area contributed by atoms with Crippen LogP contribution in [0.25, 0.3) is 0 Å². The smallest absolute Gasteiger partial charge is 0.0991 e. The van der Waals surface area contributed by atoms with E-state index >= 15 is 0 Å². The number of nitrogens with zero attached hydrogens (tertiary/aromatic N) is 1. The third-order valence-corrected chi connectivity index (χ3v) is 3.98. The Hall–Kier alpha value is -1.33. The lowest BCUT2D eigenvalue weighted by Crippen LogP contribution is -2.42. The van der Waals surface area contributed by atoms with Crippen LogP contribution in [-0.2, 0) is 6.42 Å². The van der Waals surface area contributed by atoms with Crippen molar-refractivity contribution in [1.29, 1.82) is 5.26 Å². The molecule has 1 heterocycles. The summed E-state index contributed by atoms with van der Waals surface area (Å²) in [6.07, 6.45) is 4.95. The average molecular weight is 212 g/mol. The molecule has 3 rings (SSSR count). The van der Waals surface area contributed by atoms with Gasteiger partial charge in [-0.05, 0) is 61.4 Å². The standard InChI is InChI=1S/C14H16N2/c15-9-10-3-4-11-5-6-14-12(13(11)8-10)2-1-7-16-14/h3-4,8,12,14,16H,1-2,5-7H2/t12?,14-/m1/s1. The molecule has 0 bridgehead atoms. The van der Waals surface area contributed by atoms with Crippen molar-refractivity contribution in [2.45, 2.75) is 37.6 Å². The van der Waals surface area contributed by atoms with Crippen molar-refractivity contribution in [3.8, 4) is 6.07 Å². The van der Waals surface area contributed by atoms with E-state index in [1.807, 2.05) is 6.07 Å². The second-order valence-corrected chi connectivity index (χ2v) is 4.87. The average Bonchev–Trinajstić information content (AvgIpc) is 2.38. The molecule has 1 aliphatic carbocycles. The van der Waals surface area contributed by atoms with E-state index in [9.17, 15) is 0 Å². The van der Waals surface area contributed by atoms with Gasteiger partial charge in [-0.2, -0.15) is 5.26 Å². The third kappa shape index (κ3) is 1.52. The van der Waals surface area contributed by atoms with E-state index in [-0.39, 0.29) is 0 Å². The summed E-state index contributed by atoms with van der Waals surface area (Å²) in [6.45, 7) is 1.16. The molecule has 1 aliphatic heterocycles. The van der Waals surface area contributed by atoms with Crippen molar-refractivity contribution in [1.82, 2.24) is 5.32 Å². The van der Waals surface area contributed by atoms with E-state index < -0.39 is 0 Å². The summed E-state index contributed by atoms with van der Waals surface area (Å²) in [5.41, 5.74) is 3.71. The number of aryl methyl sites for hydroxylation is 1. The molecule has 0 radical (unpaired) electrons. The molecule has 0 aromatic heterocycles. The largest absolute Gasteiger partial charge is 0.313 e. The summed E-state index contributed by atoms with van der Waals surface area (Å²) in [7, 11) is 0. The first-order valence-corrected chi connectivity index (χ1v) is 6.15. The number of hydrogen-bond donors (Lipinski definition) is 1. The maximum absolute atomic E-state index is 8.97. The first-order chi connectivity index (χ1) is 7.88. The van der Waals surface area contributed by atoms with Gasteiger partial charge in [-0.1, -0.05) is 6.07 Å². The van der Waals surface area contributed by atoms with E-state index in [0.29, 0.717) is 12.0 Å². The van der Waals surface area contributed by atoms with Crippen LogP contribution in [-0.4, -0.2) is 12.6 Å². The molecule has 2 heteroatoms. The number of nitrogens with one attached hydrogen (secondary N) is 1. The van der Waals surface area contributed by atoms with Gasteiger partial charge in [0.25, 0.3) is 0 Å².